The Morgan fingerprint density at radius 1 is 1.00 bits per heavy atom. The molecule has 2 heterocycles. The normalized spacial score (nSPS) is 25.4. The van der Waals surface area contributed by atoms with Crippen LogP contribution in [0.3, 0.4) is 0 Å². The van der Waals surface area contributed by atoms with E-state index >= 15 is 0 Å². The minimum atomic E-state index is 0. The summed E-state index contributed by atoms with van der Waals surface area (Å²) in [6.07, 6.45) is 8.20. The molecule has 0 spiro atoms. The highest BCUT2D eigenvalue weighted by Crippen LogP contribution is 2.30. The first-order chi connectivity index (χ1) is 11.4. The van der Waals surface area contributed by atoms with E-state index in [-0.39, 0.29) is 12.4 Å². The highest BCUT2D eigenvalue weighted by Gasteiger charge is 2.28. The van der Waals surface area contributed by atoms with Crippen LogP contribution in [0.4, 0.5) is 0 Å². The Morgan fingerprint density at radius 2 is 1.75 bits per heavy atom. The molecule has 2 aliphatic heterocycles. The molecule has 4 rings (SSSR count). The standard InChI is InChI=1S/C20H30N2O.ClH/c1-2-20(21-11-1)18-9-12-22(13-10-18)14-16-5-7-19(8-6-16)23-15-17-3-4-17;/h5-8,17-18,20-21H,1-4,9-15H2;1H. The molecule has 2 saturated heterocycles. The summed E-state index contributed by atoms with van der Waals surface area (Å²) in [4.78, 5) is 2.62. The van der Waals surface area contributed by atoms with Gasteiger partial charge in [-0.15, -0.1) is 12.4 Å². The van der Waals surface area contributed by atoms with Gasteiger partial charge in [0, 0.05) is 12.6 Å². The van der Waals surface area contributed by atoms with Crippen molar-refractivity contribution >= 4 is 12.4 Å². The molecule has 134 valence electrons. The molecular weight excluding hydrogens is 320 g/mol. The lowest BCUT2D eigenvalue weighted by Crippen LogP contribution is -2.40. The number of likely N-dealkylation sites (tertiary alicyclic amines) is 1. The molecule has 0 bridgehead atoms. The summed E-state index contributed by atoms with van der Waals surface area (Å²) in [6, 6.07) is 9.58. The number of hydrogen-bond donors (Lipinski definition) is 1. The predicted molar refractivity (Wildman–Crippen MR) is 101 cm³/mol. The summed E-state index contributed by atoms with van der Waals surface area (Å²) in [5.74, 6) is 2.77. The fraction of sp³-hybridized carbons (Fsp3) is 0.700. The zero-order valence-corrected chi connectivity index (χ0v) is 15.4. The fourth-order valence-electron chi connectivity index (χ4n) is 4.08. The van der Waals surface area contributed by atoms with Crippen molar-refractivity contribution in [3.63, 3.8) is 0 Å². The van der Waals surface area contributed by atoms with Crippen LogP contribution < -0.4 is 10.1 Å². The summed E-state index contributed by atoms with van der Waals surface area (Å²) in [6.45, 7) is 5.74. The predicted octanol–water partition coefficient (Wildman–Crippen LogP) is 3.86. The van der Waals surface area contributed by atoms with Gasteiger partial charge in [-0.3, -0.25) is 4.90 Å². The van der Waals surface area contributed by atoms with Gasteiger partial charge in [0.1, 0.15) is 5.75 Å². The van der Waals surface area contributed by atoms with E-state index in [0.29, 0.717) is 0 Å². The number of halogens is 1. The van der Waals surface area contributed by atoms with Gasteiger partial charge in [-0.05, 0) is 87.7 Å². The average Bonchev–Trinajstić information content (AvgIpc) is 3.26. The molecule has 4 heteroatoms. The number of ether oxygens (including phenoxy) is 1. The van der Waals surface area contributed by atoms with Gasteiger partial charge < -0.3 is 10.1 Å². The second-order valence-electron chi connectivity index (χ2n) is 7.71. The first kappa shape index (κ1) is 18.0. The minimum Gasteiger partial charge on any atom is -0.493 e. The number of piperidine rings is 1. The van der Waals surface area contributed by atoms with Crippen LogP contribution in [0, 0.1) is 11.8 Å². The third-order valence-electron chi connectivity index (χ3n) is 5.81. The van der Waals surface area contributed by atoms with E-state index in [2.05, 4.69) is 34.5 Å². The van der Waals surface area contributed by atoms with Gasteiger partial charge in [0.2, 0.25) is 0 Å². The van der Waals surface area contributed by atoms with Gasteiger partial charge >= 0.3 is 0 Å². The van der Waals surface area contributed by atoms with Gasteiger partial charge in [-0.25, -0.2) is 0 Å². The van der Waals surface area contributed by atoms with E-state index in [9.17, 15) is 0 Å². The molecule has 0 radical (unpaired) electrons. The van der Waals surface area contributed by atoms with E-state index in [1.54, 1.807) is 0 Å². The molecule has 24 heavy (non-hydrogen) atoms. The zero-order chi connectivity index (χ0) is 15.5. The van der Waals surface area contributed by atoms with Crippen LogP contribution in [0.25, 0.3) is 0 Å². The fourth-order valence-corrected chi connectivity index (χ4v) is 4.08. The molecule has 1 N–H and O–H groups in total. The van der Waals surface area contributed by atoms with E-state index in [4.69, 9.17) is 4.74 Å². The van der Waals surface area contributed by atoms with E-state index in [0.717, 1.165) is 36.8 Å². The second-order valence-corrected chi connectivity index (χ2v) is 7.71. The average molecular weight is 351 g/mol. The smallest absolute Gasteiger partial charge is 0.119 e. The Labute approximate surface area is 152 Å². The van der Waals surface area contributed by atoms with Crippen molar-refractivity contribution in [2.45, 2.75) is 51.1 Å². The van der Waals surface area contributed by atoms with Crippen molar-refractivity contribution in [3.05, 3.63) is 29.8 Å². The van der Waals surface area contributed by atoms with E-state index in [1.807, 2.05) is 0 Å². The van der Waals surface area contributed by atoms with Gasteiger partial charge in [-0.1, -0.05) is 12.1 Å². The van der Waals surface area contributed by atoms with Gasteiger partial charge in [0.25, 0.3) is 0 Å². The molecule has 3 fully saturated rings. The Morgan fingerprint density at radius 3 is 2.38 bits per heavy atom. The summed E-state index contributed by atoms with van der Waals surface area (Å²) >= 11 is 0. The topological polar surface area (TPSA) is 24.5 Å². The summed E-state index contributed by atoms with van der Waals surface area (Å²) < 4.78 is 5.83. The Balaban J connectivity index is 0.00000169. The number of nitrogens with zero attached hydrogens (tertiary/aromatic N) is 1. The van der Waals surface area contributed by atoms with Gasteiger partial charge in [0.15, 0.2) is 0 Å². The molecule has 1 atom stereocenters. The number of nitrogens with one attached hydrogen (secondary N) is 1. The second kappa shape index (κ2) is 8.55. The Bertz CT molecular complexity index is 489. The van der Waals surface area contributed by atoms with Crippen LogP contribution >= 0.6 is 12.4 Å². The van der Waals surface area contributed by atoms with Crippen molar-refractivity contribution in [1.82, 2.24) is 10.2 Å². The van der Waals surface area contributed by atoms with Crippen LogP contribution in [0.2, 0.25) is 0 Å². The van der Waals surface area contributed by atoms with Crippen LogP contribution in [0.15, 0.2) is 24.3 Å². The molecule has 0 amide bonds. The largest absolute Gasteiger partial charge is 0.493 e. The Hall–Kier alpha value is -0.770. The molecule has 1 aromatic carbocycles. The maximum Gasteiger partial charge on any atom is 0.119 e. The van der Waals surface area contributed by atoms with Crippen LogP contribution in [-0.4, -0.2) is 37.2 Å². The molecule has 1 aromatic rings. The lowest BCUT2D eigenvalue weighted by atomic mass is 9.88. The maximum absolute atomic E-state index is 5.83. The Kier molecular flexibility index (Phi) is 6.43. The van der Waals surface area contributed by atoms with Crippen molar-refractivity contribution in [2.75, 3.05) is 26.2 Å². The van der Waals surface area contributed by atoms with Crippen LogP contribution in [0.5, 0.6) is 5.75 Å². The lowest BCUT2D eigenvalue weighted by Gasteiger charge is -2.34. The minimum absolute atomic E-state index is 0. The SMILES string of the molecule is Cl.c1cc(OCC2CC2)ccc1CN1CCC(C2CCCN2)CC1. The van der Waals surface area contributed by atoms with Crippen LogP contribution in [-0.2, 0) is 6.54 Å². The third kappa shape index (κ3) is 4.87. The molecule has 1 saturated carbocycles. The van der Waals surface area contributed by atoms with Gasteiger partial charge in [-0.2, -0.15) is 0 Å². The lowest BCUT2D eigenvalue weighted by molar-refractivity contribution is 0.157. The number of rotatable bonds is 6. The van der Waals surface area contributed by atoms with E-state index < -0.39 is 0 Å². The monoisotopic (exact) mass is 350 g/mol. The first-order valence-corrected chi connectivity index (χ1v) is 9.54. The molecule has 3 nitrogen and oxygen atoms in total. The molecule has 1 aliphatic carbocycles. The van der Waals surface area contributed by atoms with Crippen molar-refractivity contribution in [2.24, 2.45) is 11.8 Å². The zero-order valence-electron chi connectivity index (χ0n) is 14.6. The summed E-state index contributed by atoms with van der Waals surface area (Å²) in [5, 5.41) is 3.69. The van der Waals surface area contributed by atoms with Crippen molar-refractivity contribution < 1.29 is 4.74 Å². The molecule has 0 aromatic heterocycles. The number of hydrogen-bond acceptors (Lipinski definition) is 3. The van der Waals surface area contributed by atoms with Gasteiger partial charge in [0.05, 0.1) is 6.61 Å². The van der Waals surface area contributed by atoms with Crippen molar-refractivity contribution in [3.8, 4) is 5.75 Å². The highest BCUT2D eigenvalue weighted by atomic mass is 35.5. The van der Waals surface area contributed by atoms with Crippen molar-refractivity contribution in [1.29, 1.82) is 0 Å². The molecular formula is C20H31ClN2O. The quantitative estimate of drug-likeness (QED) is 0.843. The van der Waals surface area contributed by atoms with E-state index in [1.165, 1.54) is 63.7 Å². The highest BCUT2D eigenvalue weighted by molar-refractivity contribution is 5.85. The molecule has 3 aliphatic rings. The maximum atomic E-state index is 5.83. The first-order valence-electron chi connectivity index (χ1n) is 9.54. The summed E-state index contributed by atoms with van der Waals surface area (Å²) in [5.41, 5.74) is 1.42. The molecule has 1 unspecified atom stereocenters. The van der Waals surface area contributed by atoms with Crippen LogP contribution in [0.1, 0.15) is 44.1 Å². The summed E-state index contributed by atoms with van der Waals surface area (Å²) in [7, 11) is 0. The number of benzene rings is 1. The third-order valence-corrected chi connectivity index (χ3v) is 5.81.